The number of carbonyl (C=O) groups excluding carboxylic acids is 3. The molecule has 0 spiro atoms. The maximum atomic E-state index is 12.4. The Balaban J connectivity index is 1.67. The molecule has 2 saturated heterocycles. The van der Waals surface area contributed by atoms with E-state index in [0.29, 0.717) is 18.8 Å². The summed E-state index contributed by atoms with van der Waals surface area (Å²) in [5.74, 6) is -0.0811. The van der Waals surface area contributed by atoms with Crippen molar-refractivity contribution in [2.75, 3.05) is 19.6 Å². The summed E-state index contributed by atoms with van der Waals surface area (Å²) < 4.78 is 5.16. The molecule has 23 heavy (non-hydrogen) atoms. The fraction of sp³-hybridized carbons (Fsp3) is 0.438. The summed E-state index contributed by atoms with van der Waals surface area (Å²) in [6, 6.07) is 3.41. The number of furan rings is 1. The molecule has 0 saturated carbocycles. The first kappa shape index (κ1) is 15.9. The van der Waals surface area contributed by atoms with Gasteiger partial charge in [0.25, 0.3) is 11.1 Å². The number of carbonyl (C=O) groups is 3. The second-order valence-electron chi connectivity index (χ2n) is 5.58. The van der Waals surface area contributed by atoms with Crippen molar-refractivity contribution in [3.8, 4) is 0 Å². The van der Waals surface area contributed by atoms with Gasteiger partial charge in [0.15, 0.2) is 0 Å². The fourth-order valence-electron chi connectivity index (χ4n) is 2.69. The Hall–Kier alpha value is -2.02. The molecule has 0 aliphatic carbocycles. The summed E-state index contributed by atoms with van der Waals surface area (Å²) in [7, 11) is 0. The smallest absolute Gasteiger partial charge is 0.294 e. The number of rotatable bonds is 3. The average Bonchev–Trinajstić information content (AvgIpc) is 3.01. The van der Waals surface area contributed by atoms with E-state index in [2.05, 4.69) is 0 Å². The predicted octanol–water partition coefficient (Wildman–Crippen LogP) is 2.72. The third-order valence-corrected chi connectivity index (χ3v) is 4.85. The quantitative estimate of drug-likeness (QED) is 0.795. The van der Waals surface area contributed by atoms with Gasteiger partial charge in [0, 0.05) is 19.2 Å². The molecule has 0 aromatic carbocycles. The minimum absolute atomic E-state index is 0.159. The first-order chi connectivity index (χ1) is 11.1. The van der Waals surface area contributed by atoms with Crippen LogP contribution in [-0.4, -0.2) is 46.5 Å². The van der Waals surface area contributed by atoms with Gasteiger partial charge in [-0.3, -0.25) is 19.3 Å². The van der Waals surface area contributed by atoms with Crippen molar-refractivity contribution < 1.29 is 18.8 Å². The van der Waals surface area contributed by atoms with E-state index < -0.39 is 11.1 Å². The highest BCUT2D eigenvalue weighted by molar-refractivity contribution is 8.18. The van der Waals surface area contributed by atoms with Crippen LogP contribution in [0.5, 0.6) is 0 Å². The molecule has 0 unspecified atom stereocenters. The molecule has 2 fully saturated rings. The number of hydrogen-bond donors (Lipinski definition) is 0. The topological polar surface area (TPSA) is 70.8 Å². The average molecular weight is 334 g/mol. The zero-order valence-corrected chi connectivity index (χ0v) is 13.5. The molecule has 2 aliphatic rings. The summed E-state index contributed by atoms with van der Waals surface area (Å²) in [5, 5.41) is -0.407. The third-order valence-electron chi connectivity index (χ3n) is 3.94. The highest BCUT2D eigenvalue weighted by atomic mass is 32.2. The van der Waals surface area contributed by atoms with Crippen LogP contribution < -0.4 is 0 Å². The monoisotopic (exact) mass is 334 g/mol. The Morgan fingerprint density at radius 1 is 1.22 bits per heavy atom. The van der Waals surface area contributed by atoms with E-state index in [1.807, 2.05) is 0 Å². The number of imide groups is 1. The molecular weight excluding hydrogens is 316 g/mol. The van der Waals surface area contributed by atoms with E-state index in [1.165, 1.54) is 12.3 Å². The van der Waals surface area contributed by atoms with Crippen molar-refractivity contribution in [2.45, 2.75) is 25.7 Å². The van der Waals surface area contributed by atoms with Crippen molar-refractivity contribution in [3.05, 3.63) is 29.1 Å². The molecule has 1 aromatic rings. The minimum Gasteiger partial charge on any atom is -0.465 e. The maximum Gasteiger partial charge on any atom is 0.294 e. The number of likely N-dealkylation sites (tertiary alicyclic amines) is 1. The minimum atomic E-state index is -0.431. The molecule has 0 radical (unpaired) electrons. The number of amides is 3. The van der Waals surface area contributed by atoms with Crippen molar-refractivity contribution in [2.24, 2.45) is 0 Å². The summed E-state index contributed by atoms with van der Waals surface area (Å²) in [6.07, 6.45) is 7.23. The van der Waals surface area contributed by atoms with Gasteiger partial charge in [-0.25, -0.2) is 0 Å². The first-order valence-corrected chi connectivity index (χ1v) is 8.53. The highest BCUT2D eigenvalue weighted by Gasteiger charge is 2.37. The Labute approximate surface area is 138 Å². The zero-order chi connectivity index (χ0) is 16.2. The molecule has 3 heterocycles. The van der Waals surface area contributed by atoms with Gasteiger partial charge in [0.1, 0.15) is 12.3 Å². The molecule has 122 valence electrons. The van der Waals surface area contributed by atoms with Crippen LogP contribution in [0.15, 0.2) is 27.7 Å². The van der Waals surface area contributed by atoms with E-state index >= 15 is 0 Å². The zero-order valence-electron chi connectivity index (χ0n) is 12.7. The standard InChI is InChI=1S/C16H18N2O4S/c19-14(17-7-3-1-2-4-8-17)11-18-15(20)13(23-16(18)21)10-12-6-5-9-22-12/h5-6,9-10H,1-4,7-8,11H2/b13-10-. The van der Waals surface area contributed by atoms with Gasteiger partial charge < -0.3 is 9.32 Å². The first-order valence-electron chi connectivity index (χ1n) is 7.72. The van der Waals surface area contributed by atoms with Crippen LogP contribution >= 0.6 is 11.8 Å². The van der Waals surface area contributed by atoms with Crippen molar-refractivity contribution in [1.82, 2.24) is 9.80 Å². The molecule has 0 atom stereocenters. The van der Waals surface area contributed by atoms with Gasteiger partial charge in [-0.05, 0) is 36.7 Å². The van der Waals surface area contributed by atoms with E-state index in [4.69, 9.17) is 4.42 Å². The van der Waals surface area contributed by atoms with Crippen molar-refractivity contribution in [1.29, 1.82) is 0 Å². The highest BCUT2D eigenvalue weighted by Crippen LogP contribution is 2.32. The summed E-state index contributed by atoms with van der Waals surface area (Å²) in [6.45, 7) is 1.23. The van der Waals surface area contributed by atoms with Crippen LogP contribution in [0.25, 0.3) is 6.08 Å². The fourth-order valence-corrected chi connectivity index (χ4v) is 3.51. The molecular formula is C16H18N2O4S. The van der Waals surface area contributed by atoms with Crippen LogP contribution in [0.3, 0.4) is 0 Å². The van der Waals surface area contributed by atoms with Crippen LogP contribution in [0.4, 0.5) is 4.79 Å². The molecule has 7 heteroatoms. The molecule has 0 N–H and O–H groups in total. The lowest BCUT2D eigenvalue weighted by atomic mass is 10.2. The maximum absolute atomic E-state index is 12.4. The molecule has 3 rings (SSSR count). The van der Waals surface area contributed by atoms with E-state index in [0.717, 1.165) is 42.3 Å². The van der Waals surface area contributed by atoms with Crippen LogP contribution in [0, 0.1) is 0 Å². The van der Waals surface area contributed by atoms with Gasteiger partial charge in [-0.1, -0.05) is 12.8 Å². The predicted molar refractivity (Wildman–Crippen MR) is 86.4 cm³/mol. The molecule has 6 nitrogen and oxygen atoms in total. The largest absolute Gasteiger partial charge is 0.465 e. The van der Waals surface area contributed by atoms with E-state index in [-0.39, 0.29) is 17.4 Å². The number of thioether (sulfide) groups is 1. The second-order valence-corrected chi connectivity index (χ2v) is 6.57. The molecule has 0 bridgehead atoms. The lowest BCUT2D eigenvalue weighted by molar-refractivity contribution is -0.135. The Morgan fingerprint density at radius 3 is 2.61 bits per heavy atom. The van der Waals surface area contributed by atoms with Gasteiger partial charge in [-0.2, -0.15) is 0 Å². The van der Waals surface area contributed by atoms with Crippen LogP contribution in [-0.2, 0) is 9.59 Å². The number of nitrogens with zero attached hydrogens (tertiary/aromatic N) is 2. The van der Waals surface area contributed by atoms with Gasteiger partial charge >= 0.3 is 0 Å². The SMILES string of the molecule is O=C(CN1C(=O)S/C(=C\c2ccco2)C1=O)N1CCCCCC1. The molecule has 1 aromatic heterocycles. The van der Waals surface area contributed by atoms with Gasteiger partial charge in [-0.15, -0.1) is 0 Å². The molecule has 2 aliphatic heterocycles. The van der Waals surface area contributed by atoms with E-state index in [1.54, 1.807) is 17.0 Å². The Morgan fingerprint density at radius 2 is 1.96 bits per heavy atom. The Bertz CT molecular complexity index is 631. The lowest BCUT2D eigenvalue weighted by Crippen LogP contribution is -2.42. The van der Waals surface area contributed by atoms with Gasteiger partial charge in [0.05, 0.1) is 11.2 Å². The summed E-state index contributed by atoms with van der Waals surface area (Å²) in [5.41, 5.74) is 0. The normalized spacial score (nSPS) is 21.1. The van der Waals surface area contributed by atoms with Crippen molar-refractivity contribution in [3.63, 3.8) is 0 Å². The van der Waals surface area contributed by atoms with Crippen molar-refractivity contribution >= 4 is 34.9 Å². The van der Waals surface area contributed by atoms with Crippen LogP contribution in [0.1, 0.15) is 31.4 Å². The van der Waals surface area contributed by atoms with Gasteiger partial charge in [0.2, 0.25) is 5.91 Å². The molecule has 3 amide bonds. The lowest BCUT2D eigenvalue weighted by Gasteiger charge is -2.22. The summed E-state index contributed by atoms with van der Waals surface area (Å²) in [4.78, 5) is 39.8. The summed E-state index contributed by atoms with van der Waals surface area (Å²) >= 11 is 0.841. The Kier molecular flexibility index (Phi) is 4.85. The third kappa shape index (κ3) is 3.67. The van der Waals surface area contributed by atoms with E-state index in [9.17, 15) is 14.4 Å². The number of hydrogen-bond acceptors (Lipinski definition) is 5. The second kappa shape index (κ2) is 7.04. The van der Waals surface area contributed by atoms with Crippen LogP contribution in [0.2, 0.25) is 0 Å².